The first-order chi connectivity index (χ1) is 14.7. The molecule has 0 aliphatic heterocycles. The van der Waals surface area contributed by atoms with Gasteiger partial charge in [-0.25, -0.2) is 4.98 Å². The number of aromatic nitrogens is 1. The maximum absolute atomic E-state index is 12.9. The minimum atomic E-state index is -0.768. The summed E-state index contributed by atoms with van der Waals surface area (Å²) in [7, 11) is 0. The van der Waals surface area contributed by atoms with Crippen molar-refractivity contribution >= 4 is 55.2 Å². The maximum Gasteiger partial charge on any atom is 0.277 e. The summed E-state index contributed by atoms with van der Waals surface area (Å²) in [5.74, 6) is -0.671. The third-order valence-electron chi connectivity index (χ3n) is 4.71. The Labute approximate surface area is 183 Å². The van der Waals surface area contributed by atoms with Crippen LogP contribution in [0, 0.1) is 34.1 Å². The van der Waals surface area contributed by atoms with Gasteiger partial charge in [0.2, 0.25) is 0 Å². The minimum Gasteiger partial charge on any atom is -0.313 e. The van der Waals surface area contributed by atoms with E-state index in [0.717, 1.165) is 49.4 Å². The van der Waals surface area contributed by atoms with Gasteiger partial charge in [-0.1, -0.05) is 12.1 Å². The van der Waals surface area contributed by atoms with Gasteiger partial charge in [-0.2, -0.15) is 0 Å². The van der Waals surface area contributed by atoms with E-state index in [1.807, 2.05) is 38.1 Å². The summed E-state index contributed by atoms with van der Waals surface area (Å²) >= 11 is 2.85. The summed E-state index contributed by atoms with van der Waals surface area (Å²) in [6.45, 7) is 3.85. The molecule has 9 nitrogen and oxygen atoms in total. The van der Waals surface area contributed by atoms with Gasteiger partial charge in [0, 0.05) is 22.6 Å². The molecule has 0 bridgehead atoms. The average molecular weight is 454 g/mol. The van der Waals surface area contributed by atoms with E-state index in [9.17, 15) is 25.0 Å². The van der Waals surface area contributed by atoms with E-state index in [0.29, 0.717) is 5.00 Å². The van der Waals surface area contributed by atoms with Crippen LogP contribution in [0.15, 0.2) is 42.5 Å². The number of aryl methyl sites for hydroxylation is 1. The number of nitrogens with one attached hydrogen (secondary N) is 1. The number of fused-ring (bicyclic) bond motifs is 1. The van der Waals surface area contributed by atoms with Gasteiger partial charge in [0.1, 0.15) is 10.0 Å². The largest absolute Gasteiger partial charge is 0.313 e. The fourth-order valence-corrected chi connectivity index (χ4v) is 5.26. The fourth-order valence-electron chi connectivity index (χ4n) is 3.06. The quantitative estimate of drug-likeness (QED) is 0.304. The Kier molecular flexibility index (Phi) is 5.21. The Morgan fingerprint density at radius 3 is 2.26 bits per heavy atom. The predicted octanol–water partition coefficient (Wildman–Crippen LogP) is 5.71. The van der Waals surface area contributed by atoms with Crippen LogP contribution in [0.5, 0.6) is 0 Å². The standard InChI is InChI=1S/C20H14N4O5S2/c1-10-11(2)30-20(17(10)19-21-15-5-3-4-6-16(15)31-19)22-18(25)12-7-13(23(26)27)9-14(8-12)24(28)29/h3-9H,1-2H3,(H,22,25). The molecular formula is C20H14N4O5S2. The number of hydrogen-bond donors (Lipinski definition) is 1. The lowest BCUT2D eigenvalue weighted by atomic mass is 10.1. The molecule has 1 N–H and O–H groups in total. The Morgan fingerprint density at radius 2 is 1.65 bits per heavy atom. The lowest BCUT2D eigenvalue weighted by molar-refractivity contribution is -0.394. The van der Waals surface area contributed by atoms with Crippen molar-refractivity contribution < 1.29 is 14.6 Å². The highest BCUT2D eigenvalue weighted by Gasteiger charge is 2.23. The van der Waals surface area contributed by atoms with E-state index in [1.165, 1.54) is 22.7 Å². The van der Waals surface area contributed by atoms with Crippen molar-refractivity contribution in [3.63, 3.8) is 0 Å². The van der Waals surface area contributed by atoms with Gasteiger partial charge in [-0.05, 0) is 31.5 Å². The number of nitrogens with zero attached hydrogens (tertiary/aromatic N) is 3. The van der Waals surface area contributed by atoms with Crippen LogP contribution in [-0.4, -0.2) is 20.7 Å². The summed E-state index contributed by atoms with van der Waals surface area (Å²) in [6, 6.07) is 10.6. The summed E-state index contributed by atoms with van der Waals surface area (Å²) < 4.78 is 1.01. The maximum atomic E-state index is 12.9. The molecular weight excluding hydrogens is 440 g/mol. The van der Waals surface area contributed by atoms with Crippen LogP contribution in [0.25, 0.3) is 20.8 Å². The second-order valence-electron chi connectivity index (χ2n) is 6.68. The van der Waals surface area contributed by atoms with Gasteiger partial charge in [0.15, 0.2) is 0 Å². The van der Waals surface area contributed by atoms with Crippen molar-refractivity contribution in [3.8, 4) is 10.6 Å². The average Bonchev–Trinajstić information content (AvgIpc) is 3.27. The molecule has 4 rings (SSSR count). The number of anilines is 1. The van der Waals surface area contributed by atoms with Crippen LogP contribution in [0.2, 0.25) is 0 Å². The Bertz CT molecular complexity index is 1310. The molecule has 0 saturated carbocycles. The molecule has 0 fully saturated rings. The zero-order chi connectivity index (χ0) is 22.3. The number of carbonyl (C=O) groups is 1. The van der Waals surface area contributed by atoms with Gasteiger partial charge >= 0.3 is 0 Å². The second kappa shape index (κ2) is 7.85. The molecule has 4 aromatic rings. The van der Waals surface area contributed by atoms with Crippen LogP contribution in [-0.2, 0) is 0 Å². The lowest BCUT2D eigenvalue weighted by Gasteiger charge is -2.06. The van der Waals surface area contributed by atoms with Crippen molar-refractivity contribution in [2.24, 2.45) is 0 Å². The Morgan fingerprint density at radius 1 is 1.00 bits per heavy atom. The molecule has 156 valence electrons. The van der Waals surface area contributed by atoms with Crippen LogP contribution in [0.1, 0.15) is 20.8 Å². The first kappa shape index (κ1) is 20.6. The molecule has 2 aromatic carbocycles. The molecule has 11 heteroatoms. The number of benzene rings is 2. The molecule has 0 aliphatic carbocycles. The third-order valence-corrected chi connectivity index (χ3v) is 6.88. The van der Waals surface area contributed by atoms with Gasteiger partial charge in [0.05, 0.1) is 31.7 Å². The first-order valence-electron chi connectivity index (χ1n) is 8.95. The van der Waals surface area contributed by atoms with E-state index in [4.69, 9.17) is 0 Å². The molecule has 0 saturated heterocycles. The van der Waals surface area contributed by atoms with Gasteiger partial charge < -0.3 is 5.32 Å². The number of carbonyl (C=O) groups excluding carboxylic acids is 1. The summed E-state index contributed by atoms with van der Waals surface area (Å²) in [4.78, 5) is 39.2. The van der Waals surface area contributed by atoms with Crippen LogP contribution < -0.4 is 5.32 Å². The van der Waals surface area contributed by atoms with Crippen molar-refractivity contribution in [3.05, 3.63) is 78.7 Å². The third kappa shape index (κ3) is 3.88. The van der Waals surface area contributed by atoms with Crippen molar-refractivity contribution in [1.29, 1.82) is 0 Å². The molecule has 0 unspecified atom stereocenters. The van der Waals surface area contributed by atoms with Gasteiger partial charge in [-0.15, -0.1) is 22.7 Å². The molecule has 0 atom stereocenters. The van der Waals surface area contributed by atoms with Crippen molar-refractivity contribution in [2.45, 2.75) is 13.8 Å². The first-order valence-corrected chi connectivity index (χ1v) is 10.6. The number of thiophene rings is 1. The number of para-hydroxylation sites is 1. The molecule has 0 radical (unpaired) electrons. The van der Waals surface area contributed by atoms with Gasteiger partial charge in [0.25, 0.3) is 17.3 Å². The van der Waals surface area contributed by atoms with E-state index < -0.39 is 27.1 Å². The van der Waals surface area contributed by atoms with E-state index in [-0.39, 0.29) is 5.56 Å². The molecule has 0 spiro atoms. The summed E-state index contributed by atoms with van der Waals surface area (Å²) in [5, 5.41) is 26.3. The highest BCUT2D eigenvalue weighted by atomic mass is 32.1. The van der Waals surface area contributed by atoms with Crippen molar-refractivity contribution in [1.82, 2.24) is 4.98 Å². The number of hydrogen-bond acceptors (Lipinski definition) is 8. The van der Waals surface area contributed by atoms with Crippen LogP contribution >= 0.6 is 22.7 Å². The topological polar surface area (TPSA) is 128 Å². The van der Waals surface area contributed by atoms with E-state index in [1.54, 1.807) is 0 Å². The van der Waals surface area contributed by atoms with Crippen LogP contribution in [0.3, 0.4) is 0 Å². The summed E-state index contributed by atoms with van der Waals surface area (Å²) in [6.07, 6.45) is 0. The predicted molar refractivity (Wildman–Crippen MR) is 120 cm³/mol. The highest BCUT2D eigenvalue weighted by Crippen LogP contribution is 2.43. The molecule has 0 aliphatic rings. The molecule has 1 amide bonds. The molecule has 31 heavy (non-hydrogen) atoms. The normalized spacial score (nSPS) is 10.9. The number of rotatable bonds is 5. The number of thiazole rings is 1. The highest BCUT2D eigenvalue weighted by molar-refractivity contribution is 7.22. The number of non-ortho nitro benzene ring substituents is 2. The van der Waals surface area contributed by atoms with Crippen LogP contribution in [0.4, 0.5) is 16.4 Å². The zero-order valence-electron chi connectivity index (χ0n) is 16.2. The number of nitro benzene ring substituents is 2. The lowest BCUT2D eigenvalue weighted by Crippen LogP contribution is -2.12. The Balaban J connectivity index is 1.75. The van der Waals surface area contributed by atoms with Crippen molar-refractivity contribution in [2.75, 3.05) is 5.32 Å². The molecule has 2 aromatic heterocycles. The van der Waals surface area contributed by atoms with Gasteiger partial charge in [-0.3, -0.25) is 25.0 Å². The van der Waals surface area contributed by atoms with E-state index >= 15 is 0 Å². The number of amides is 1. The second-order valence-corrected chi connectivity index (χ2v) is 8.94. The fraction of sp³-hybridized carbons (Fsp3) is 0.100. The summed E-state index contributed by atoms with van der Waals surface area (Å²) in [5.41, 5.74) is 1.37. The zero-order valence-corrected chi connectivity index (χ0v) is 17.9. The Hall–Kier alpha value is -3.70. The number of nitro groups is 2. The minimum absolute atomic E-state index is 0.167. The van der Waals surface area contributed by atoms with E-state index in [2.05, 4.69) is 10.3 Å². The monoisotopic (exact) mass is 454 g/mol. The SMILES string of the molecule is Cc1sc(NC(=O)c2cc([N+](=O)[O-])cc([N+](=O)[O-])c2)c(-c2nc3ccccc3s2)c1C. The molecule has 2 heterocycles. The smallest absolute Gasteiger partial charge is 0.277 e.